The molecule has 0 spiro atoms. The molecule has 18 heavy (non-hydrogen) atoms. The molecule has 1 saturated heterocycles. The number of hydrogen-bond acceptors (Lipinski definition) is 2. The molecule has 1 aromatic carbocycles. The third-order valence-electron chi connectivity index (χ3n) is 3.42. The normalized spacial score (nSPS) is 19.3. The van der Waals surface area contributed by atoms with Crippen molar-refractivity contribution in [1.82, 2.24) is 4.90 Å². The van der Waals surface area contributed by atoms with E-state index < -0.39 is 11.9 Å². The highest BCUT2D eigenvalue weighted by Crippen LogP contribution is 2.21. The summed E-state index contributed by atoms with van der Waals surface area (Å²) in [7, 11) is 0. The van der Waals surface area contributed by atoms with Gasteiger partial charge in [0.25, 0.3) is 0 Å². The minimum Gasteiger partial charge on any atom is -0.481 e. The van der Waals surface area contributed by atoms with Crippen molar-refractivity contribution in [3.05, 3.63) is 35.4 Å². The molecule has 4 nitrogen and oxygen atoms in total. The zero-order valence-electron chi connectivity index (χ0n) is 10.4. The van der Waals surface area contributed by atoms with Crippen LogP contribution >= 0.6 is 0 Å². The second-order valence-corrected chi connectivity index (χ2v) is 4.64. The molecule has 0 aromatic heterocycles. The Hall–Kier alpha value is -1.84. The van der Waals surface area contributed by atoms with Gasteiger partial charge in [-0.1, -0.05) is 31.2 Å². The monoisotopic (exact) mass is 247 g/mol. The number of rotatable bonds is 4. The SMILES string of the molecule is CCc1ccccc1CN1CC(C(=O)O)CC1=O. The Morgan fingerprint density at radius 2 is 2.06 bits per heavy atom. The van der Waals surface area contributed by atoms with Crippen LogP contribution < -0.4 is 0 Å². The van der Waals surface area contributed by atoms with Crippen LogP contribution in [-0.4, -0.2) is 28.4 Å². The number of carbonyl (C=O) groups is 2. The third kappa shape index (κ3) is 2.53. The lowest BCUT2D eigenvalue weighted by Crippen LogP contribution is -2.26. The first-order chi connectivity index (χ1) is 8.61. The van der Waals surface area contributed by atoms with Crippen LogP contribution in [0.5, 0.6) is 0 Å². The number of hydrogen-bond donors (Lipinski definition) is 1. The van der Waals surface area contributed by atoms with Gasteiger partial charge in [-0.25, -0.2) is 0 Å². The van der Waals surface area contributed by atoms with Gasteiger partial charge in [0.2, 0.25) is 5.91 Å². The molecule has 1 aliphatic heterocycles. The zero-order valence-corrected chi connectivity index (χ0v) is 10.4. The Labute approximate surface area is 106 Å². The van der Waals surface area contributed by atoms with E-state index in [0.29, 0.717) is 13.1 Å². The summed E-state index contributed by atoms with van der Waals surface area (Å²) in [4.78, 5) is 24.3. The average Bonchev–Trinajstić information content (AvgIpc) is 2.72. The van der Waals surface area contributed by atoms with Gasteiger partial charge >= 0.3 is 5.97 Å². The molecule has 96 valence electrons. The molecule has 0 aliphatic carbocycles. The fraction of sp³-hybridized carbons (Fsp3) is 0.429. The summed E-state index contributed by atoms with van der Waals surface area (Å²) in [5.74, 6) is -1.49. The first-order valence-corrected chi connectivity index (χ1v) is 6.19. The number of carbonyl (C=O) groups excluding carboxylic acids is 1. The van der Waals surface area contributed by atoms with Crippen LogP contribution in [0.3, 0.4) is 0 Å². The highest BCUT2D eigenvalue weighted by atomic mass is 16.4. The second kappa shape index (κ2) is 5.21. The first kappa shape index (κ1) is 12.6. The van der Waals surface area contributed by atoms with Crippen molar-refractivity contribution in [2.24, 2.45) is 5.92 Å². The molecule has 0 saturated carbocycles. The van der Waals surface area contributed by atoms with E-state index in [9.17, 15) is 9.59 Å². The molecule has 2 rings (SSSR count). The molecule has 1 atom stereocenters. The molecule has 1 fully saturated rings. The number of benzene rings is 1. The summed E-state index contributed by atoms with van der Waals surface area (Å²) in [5, 5.41) is 8.94. The van der Waals surface area contributed by atoms with E-state index in [0.717, 1.165) is 12.0 Å². The van der Waals surface area contributed by atoms with E-state index in [2.05, 4.69) is 6.92 Å². The fourth-order valence-corrected chi connectivity index (χ4v) is 2.35. The summed E-state index contributed by atoms with van der Waals surface area (Å²) < 4.78 is 0. The van der Waals surface area contributed by atoms with E-state index in [-0.39, 0.29) is 12.3 Å². The van der Waals surface area contributed by atoms with Crippen LogP contribution in [-0.2, 0) is 22.6 Å². The van der Waals surface area contributed by atoms with E-state index in [1.54, 1.807) is 4.90 Å². The lowest BCUT2D eigenvalue weighted by atomic mass is 10.1. The molecule has 1 amide bonds. The van der Waals surface area contributed by atoms with Gasteiger partial charge in [-0.05, 0) is 17.5 Å². The van der Waals surface area contributed by atoms with Crippen LogP contribution in [0.2, 0.25) is 0 Å². The molecular weight excluding hydrogens is 230 g/mol. The van der Waals surface area contributed by atoms with Gasteiger partial charge in [-0.3, -0.25) is 9.59 Å². The maximum absolute atomic E-state index is 11.8. The van der Waals surface area contributed by atoms with Crippen LogP contribution in [0.1, 0.15) is 24.5 Å². The molecule has 1 N–H and O–H groups in total. The van der Waals surface area contributed by atoms with E-state index in [4.69, 9.17) is 5.11 Å². The molecule has 0 bridgehead atoms. The molecular formula is C14H17NO3. The maximum Gasteiger partial charge on any atom is 0.308 e. The van der Waals surface area contributed by atoms with Crippen molar-refractivity contribution in [2.45, 2.75) is 26.3 Å². The van der Waals surface area contributed by atoms with Crippen molar-refractivity contribution in [1.29, 1.82) is 0 Å². The van der Waals surface area contributed by atoms with Gasteiger partial charge in [-0.2, -0.15) is 0 Å². The smallest absolute Gasteiger partial charge is 0.308 e. The van der Waals surface area contributed by atoms with Gasteiger partial charge in [0.05, 0.1) is 5.92 Å². The minimum atomic E-state index is -0.880. The van der Waals surface area contributed by atoms with Gasteiger partial charge < -0.3 is 10.0 Å². The predicted octanol–water partition coefficient (Wildman–Crippen LogP) is 1.68. The quantitative estimate of drug-likeness (QED) is 0.880. The summed E-state index contributed by atoms with van der Waals surface area (Å²) in [6, 6.07) is 7.97. The Balaban J connectivity index is 2.10. The Morgan fingerprint density at radius 3 is 2.61 bits per heavy atom. The van der Waals surface area contributed by atoms with E-state index >= 15 is 0 Å². The number of aryl methyl sites for hydroxylation is 1. The lowest BCUT2D eigenvalue weighted by Gasteiger charge is -2.18. The van der Waals surface area contributed by atoms with Crippen molar-refractivity contribution >= 4 is 11.9 Å². The topological polar surface area (TPSA) is 57.6 Å². The lowest BCUT2D eigenvalue weighted by molar-refractivity contribution is -0.141. The number of carboxylic acid groups (broad SMARTS) is 1. The van der Waals surface area contributed by atoms with Crippen molar-refractivity contribution in [3.8, 4) is 0 Å². The molecule has 0 radical (unpaired) electrons. The third-order valence-corrected chi connectivity index (χ3v) is 3.42. The standard InChI is InChI=1S/C14H17NO3/c1-2-10-5-3-4-6-11(10)8-15-9-12(14(17)18)7-13(15)16/h3-6,12H,2,7-9H2,1H3,(H,17,18). The summed E-state index contributed by atoms with van der Waals surface area (Å²) >= 11 is 0. The summed E-state index contributed by atoms with van der Waals surface area (Å²) in [6.45, 7) is 2.92. The zero-order chi connectivity index (χ0) is 13.1. The van der Waals surface area contributed by atoms with Crippen molar-refractivity contribution < 1.29 is 14.7 Å². The summed E-state index contributed by atoms with van der Waals surface area (Å²) in [5.41, 5.74) is 2.32. The van der Waals surface area contributed by atoms with E-state index in [1.165, 1.54) is 5.56 Å². The molecule has 1 aliphatic rings. The van der Waals surface area contributed by atoms with Crippen molar-refractivity contribution in [2.75, 3.05) is 6.54 Å². The summed E-state index contributed by atoms with van der Waals surface area (Å²) in [6.07, 6.45) is 1.05. The Bertz CT molecular complexity index is 470. The fourth-order valence-electron chi connectivity index (χ4n) is 2.35. The highest BCUT2D eigenvalue weighted by Gasteiger charge is 2.34. The Morgan fingerprint density at radius 1 is 1.39 bits per heavy atom. The number of likely N-dealkylation sites (tertiary alicyclic amines) is 1. The van der Waals surface area contributed by atoms with Crippen LogP contribution in [0, 0.1) is 5.92 Å². The largest absolute Gasteiger partial charge is 0.481 e. The van der Waals surface area contributed by atoms with Gasteiger partial charge in [0.1, 0.15) is 0 Å². The second-order valence-electron chi connectivity index (χ2n) is 4.64. The van der Waals surface area contributed by atoms with E-state index in [1.807, 2.05) is 24.3 Å². The molecule has 4 heteroatoms. The first-order valence-electron chi connectivity index (χ1n) is 6.19. The molecule has 1 aromatic rings. The highest BCUT2D eigenvalue weighted by molar-refractivity contribution is 5.86. The predicted molar refractivity (Wildman–Crippen MR) is 67.0 cm³/mol. The maximum atomic E-state index is 11.8. The average molecular weight is 247 g/mol. The number of aliphatic carboxylic acids is 1. The molecule has 1 unspecified atom stereocenters. The Kier molecular flexibility index (Phi) is 3.65. The number of amides is 1. The van der Waals surface area contributed by atoms with Crippen LogP contribution in [0.15, 0.2) is 24.3 Å². The number of carboxylic acids is 1. The van der Waals surface area contributed by atoms with Crippen LogP contribution in [0.25, 0.3) is 0 Å². The van der Waals surface area contributed by atoms with Crippen molar-refractivity contribution in [3.63, 3.8) is 0 Å². The van der Waals surface area contributed by atoms with Gasteiger partial charge in [0, 0.05) is 19.5 Å². The van der Waals surface area contributed by atoms with Gasteiger partial charge in [-0.15, -0.1) is 0 Å². The van der Waals surface area contributed by atoms with Gasteiger partial charge in [0.15, 0.2) is 0 Å². The minimum absolute atomic E-state index is 0.0618. The number of nitrogens with zero attached hydrogens (tertiary/aromatic N) is 1. The van der Waals surface area contributed by atoms with Crippen LogP contribution in [0.4, 0.5) is 0 Å². The molecule has 1 heterocycles.